The van der Waals surface area contributed by atoms with Crippen molar-refractivity contribution in [3.05, 3.63) is 0 Å². The summed E-state index contributed by atoms with van der Waals surface area (Å²) in [5.74, 6) is 0. The van der Waals surface area contributed by atoms with Gasteiger partial charge in [0.1, 0.15) is 7.28 Å². The molecule has 0 aromatic carbocycles. The van der Waals surface area contributed by atoms with E-state index in [4.69, 9.17) is 5.11 Å². The van der Waals surface area contributed by atoms with Gasteiger partial charge in [-0.1, -0.05) is 13.6 Å². The Morgan fingerprint density at radius 3 is 1.50 bits per heavy atom. The zero-order chi connectivity index (χ0) is 5.41. The summed E-state index contributed by atoms with van der Waals surface area (Å²) in [5.41, 5.74) is 0. The Hall–Kier alpha value is 0.0249. The van der Waals surface area contributed by atoms with Crippen molar-refractivity contribution >= 4 is 7.28 Å². The van der Waals surface area contributed by atoms with Gasteiger partial charge in [0.25, 0.3) is 0 Å². The SMILES string of the molecule is CCO.C[B]C. The minimum Gasteiger partial charge on any atom is -0.397 e. The molecule has 0 bridgehead atoms. The van der Waals surface area contributed by atoms with Crippen LogP contribution in [0.2, 0.25) is 13.6 Å². The van der Waals surface area contributed by atoms with E-state index in [-0.39, 0.29) is 6.61 Å². The van der Waals surface area contributed by atoms with Crippen molar-refractivity contribution in [1.29, 1.82) is 0 Å². The molecule has 1 N–H and O–H groups in total. The van der Waals surface area contributed by atoms with Gasteiger partial charge in [-0.3, -0.25) is 0 Å². The van der Waals surface area contributed by atoms with Gasteiger partial charge in [0.2, 0.25) is 0 Å². The Kier molecular flexibility index (Phi) is 31.1. The number of aliphatic hydroxyl groups is 1. The fourth-order valence-corrected chi connectivity index (χ4v) is 0. The van der Waals surface area contributed by atoms with E-state index in [0.717, 1.165) is 0 Å². The lowest BCUT2D eigenvalue weighted by Gasteiger charge is -1.52. The molecule has 0 unspecified atom stereocenters. The third-order valence-electron chi connectivity index (χ3n) is 0. The first-order valence-corrected chi connectivity index (χ1v) is 2.18. The molecular weight excluding hydrogens is 74.9 g/mol. The van der Waals surface area contributed by atoms with Crippen LogP contribution < -0.4 is 0 Å². The topological polar surface area (TPSA) is 20.2 Å². The van der Waals surface area contributed by atoms with Crippen LogP contribution in [0.1, 0.15) is 6.92 Å². The molecular formula is C4H12BO. The van der Waals surface area contributed by atoms with Gasteiger partial charge in [0, 0.05) is 6.61 Å². The van der Waals surface area contributed by atoms with Gasteiger partial charge in [0.15, 0.2) is 0 Å². The fourth-order valence-electron chi connectivity index (χ4n) is 0. The first kappa shape index (κ1) is 9.39. The van der Waals surface area contributed by atoms with Crippen LogP contribution in [0.25, 0.3) is 0 Å². The molecule has 0 saturated carbocycles. The molecule has 0 amide bonds. The van der Waals surface area contributed by atoms with Crippen LogP contribution in [-0.4, -0.2) is 19.0 Å². The number of rotatable bonds is 0. The molecule has 0 saturated heterocycles. The van der Waals surface area contributed by atoms with Crippen LogP contribution in [0, 0.1) is 0 Å². The zero-order valence-electron chi connectivity index (χ0n) is 4.73. The lowest BCUT2D eigenvalue weighted by atomic mass is 9.88. The minimum absolute atomic E-state index is 0.250. The largest absolute Gasteiger partial charge is 0.397 e. The number of hydrogen-bond acceptors (Lipinski definition) is 1. The molecule has 0 heterocycles. The Morgan fingerprint density at radius 1 is 1.50 bits per heavy atom. The molecule has 0 atom stereocenters. The third-order valence-corrected chi connectivity index (χ3v) is 0. The predicted molar refractivity (Wildman–Crippen MR) is 30.2 cm³/mol. The normalized spacial score (nSPS) is 5.33. The third kappa shape index (κ3) is 59200. The van der Waals surface area contributed by atoms with Crippen LogP contribution in [0.3, 0.4) is 0 Å². The summed E-state index contributed by atoms with van der Waals surface area (Å²) in [5, 5.41) is 7.57. The van der Waals surface area contributed by atoms with E-state index in [9.17, 15) is 0 Å². The zero-order valence-corrected chi connectivity index (χ0v) is 4.73. The van der Waals surface area contributed by atoms with Crippen molar-refractivity contribution in [2.24, 2.45) is 0 Å². The quantitative estimate of drug-likeness (QED) is 0.433. The molecule has 37 valence electrons. The second kappa shape index (κ2) is 19.9. The maximum Gasteiger partial charge on any atom is 0.102 e. The highest BCUT2D eigenvalue weighted by atomic mass is 16.2. The van der Waals surface area contributed by atoms with E-state index in [1.807, 2.05) is 20.9 Å². The van der Waals surface area contributed by atoms with E-state index >= 15 is 0 Å². The molecule has 0 aromatic rings. The average molecular weight is 87.0 g/mol. The second-order valence-corrected chi connectivity index (χ2v) is 0.894. The van der Waals surface area contributed by atoms with E-state index in [1.54, 1.807) is 6.92 Å². The lowest BCUT2D eigenvalue weighted by molar-refractivity contribution is 0.318. The molecule has 0 aliphatic heterocycles. The summed E-state index contributed by atoms with van der Waals surface area (Å²) < 4.78 is 0. The van der Waals surface area contributed by atoms with Crippen molar-refractivity contribution in [2.75, 3.05) is 6.61 Å². The Balaban J connectivity index is 0. The molecule has 0 spiro atoms. The van der Waals surface area contributed by atoms with E-state index in [1.165, 1.54) is 0 Å². The van der Waals surface area contributed by atoms with Crippen molar-refractivity contribution in [1.82, 2.24) is 0 Å². The summed E-state index contributed by atoms with van der Waals surface area (Å²) in [6, 6.07) is 0. The van der Waals surface area contributed by atoms with Crippen molar-refractivity contribution in [2.45, 2.75) is 20.6 Å². The van der Waals surface area contributed by atoms with Gasteiger partial charge in [-0.15, -0.1) is 0 Å². The molecule has 6 heavy (non-hydrogen) atoms. The van der Waals surface area contributed by atoms with Gasteiger partial charge >= 0.3 is 0 Å². The van der Waals surface area contributed by atoms with E-state index < -0.39 is 0 Å². The molecule has 0 rings (SSSR count). The predicted octanol–water partition coefficient (Wildman–Crippen LogP) is 0.785. The van der Waals surface area contributed by atoms with Gasteiger partial charge in [-0.25, -0.2) is 0 Å². The smallest absolute Gasteiger partial charge is 0.102 e. The van der Waals surface area contributed by atoms with Crippen LogP contribution >= 0.6 is 0 Å². The molecule has 0 fully saturated rings. The molecule has 0 aromatic heterocycles. The summed E-state index contributed by atoms with van der Waals surface area (Å²) in [6.07, 6.45) is 0. The van der Waals surface area contributed by atoms with Crippen molar-refractivity contribution in [3.63, 3.8) is 0 Å². The van der Waals surface area contributed by atoms with Crippen LogP contribution in [-0.2, 0) is 0 Å². The van der Waals surface area contributed by atoms with Gasteiger partial charge in [-0.05, 0) is 6.92 Å². The summed E-state index contributed by atoms with van der Waals surface area (Å²) in [7, 11) is 2.00. The molecule has 1 nitrogen and oxygen atoms in total. The van der Waals surface area contributed by atoms with Gasteiger partial charge < -0.3 is 5.11 Å². The van der Waals surface area contributed by atoms with Gasteiger partial charge in [-0.2, -0.15) is 0 Å². The number of hydrogen-bond donors (Lipinski definition) is 1. The highest BCUT2D eigenvalue weighted by Gasteiger charge is 1.42. The van der Waals surface area contributed by atoms with Crippen LogP contribution in [0.15, 0.2) is 0 Å². The lowest BCUT2D eigenvalue weighted by Crippen LogP contribution is -1.57. The van der Waals surface area contributed by atoms with Crippen molar-refractivity contribution in [3.8, 4) is 0 Å². The Labute approximate surface area is 40.6 Å². The van der Waals surface area contributed by atoms with Crippen LogP contribution in [0.4, 0.5) is 0 Å². The minimum atomic E-state index is 0.250. The highest BCUT2D eigenvalue weighted by molar-refractivity contribution is 6.31. The van der Waals surface area contributed by atoms with Crippen molar-refractivity contribution < 1.29 is 5.11 Å². The monoisotopic (exact) mass is 87.1 g/mol. The van der Waals surface area contributed by atoms with Crippen LogP contribution in [0.5, 0.6) is 0 Å². The maximum atomic E-state index is 7.57. The Morgan fingerprint density at radius 2 is 1.50 bits per heavy atom. The maximum absolute atomic E-state index is 7.57. The average Bonchev–Trinajstić information content (AvgIpc) is 1.39. The molecule has 0 aliphatic carbocycles. The number of aliphatic hydroxyl groups excluding tert-OH is 1. The summed E-state index contributed by atoms with van der Waals surface area (Å²) in [4.78, 5) is 0. The fraction of sp³-hybridized carbons (Fsp3) is 1.00. The summed E-state index contributed by atoms with van der Waals surface area (Å²) >= 11 is 0. The summed E-state index contributed by atoms with van der Waals surface area (Å²) in [6.45, 7) is 5.93. The molecule has 2 heteroatoms. The molecule has 0 aliphatic rings. The first-order valence-electron chi connectivity index (χ1n) is 2.18. The van der Waals surface area contributed by atoms with E-state index in [0.29, 0.717) is 0 Å². The van der Waals surface area contributed by atoms with E-state index in [2.05, 4.69) is 0 Å². The first-order chi connectivity index (χ1) is 2.83. The highest BCUT2D eigenvalue weighted by Crippen LogP contribution is 1.36. The second-order valence-electron chi connectivity index (χ2n) is 0.894. The molecule has 1 radical (unpaired) electrons. The Bertz CT molecular complexity index is 9.51. The van der Waals surface area contributed by atoms with Gasteiger partial charge in [0.05, 0.1) is 0 Å². The standard InChI is InChI=1S/C2H6B.C2H6O/c1-3-2;1-2-3/h1-2H3;3H,2H2,1H3.